The molecule has 1 heterocycles. The minimum absolute atomic E-state index is 0.0607. The van der Waals surface area contributed by atoms with Gasteiger partial charge in [-0.2, -0.15) is 0 Å². The van der Waals surface area contributed by atoms with E-state index in [4.69, 9.17) is 0 Å². The summed E-state index contributed by atoms with van der Waals surface area (Å²) < 4.78 is 1.76. The molecule has 0 saturated heterocycles. The molecule has 3 rings (SSSR count). The Morgan fingerprint density at radius 3 is 2.77 bits per heavy atom. The van der Waals surface area contributed by atoms with Gasteiger partial charge in [-0.05, 0) is 36.2 Å². The van der Waals surface area contributed by atoms with E-state index in [-0.39, 0.29) is 5.91 Å². The molecule has 0 saturated carbocycles. The summed E-state index contributed by atoms with van der Waals surface area (Å²) in [6.07, 6.45) is 0. The number of thioether (sulfide) groups is 1. The lowest BCUT2D eigenvalue weighted by atomic mass is 10.2. The average molecular weight is 449 g/mol. The molecule has 134 valence electrons. The Morgan fingerprint density at radius 2 is 2.00 bits per heavy atom. The molecule has 0 aliphatic rings. The van der Waals surface area contributed by atoms with Gasteiger partial charge < -0.3 is 10.6 Å². The van der Waals surface area contributed by atoms with Gasteiger partial charge in [-0.3, -0.25) is 4.79 Å². The second-order valence-electron chi connectivity index (χ2n) is 5.51. The van der Waals surface area contributed by atoms with Gasteiger partial charge in [-0.25, -0.2) is 0 Å². The number of halogens is 1. The van der Waals surface area contributed by atoms with Gasteiger partial charge in [0, 0.05) is 16.7 Å². The number of nitrogens with one attached hydrogen (secondary N) is 2. The molecule has 0 unspecified atom stereocenters. The first-order chi connectivity index (χ1) is 12.6. The Morgan fingerprint density at radius 1 is 1.19 bits per heavy atom. The number of aryl methyl sites for hydroxylation is 1. The molecule has 0 bridgehead atoms. The molecule has 0 aliphatic carbocycles. The van der Waals surface area contributed by atoms with Crippen molar-refractivity contribution in [1.29, 1.82) is 0 Å². The van der Waals surface area contributed by atoms with Crippen LogP contribution in [0.5, 0.6) is 0 Å². The highest BCUT2D eigenvalue weighted by Crippen LogP contribution is 2.26. The fourth-order valence-electron chi connectivity index (χ4n) is 2.19. The summed E-state index contributed by atoms with van der Waals surface area (Å²) in [4.78, 5) is 12.1. The summed E-state index contributed by atoms with van der Waals surface area (Å²) in [6, 6.07) is 15.9. The Hall–Kier alpha value is -1.90. The van der Waals surface area contributed by atoms with Crippen molar-refractivity contribution in [3.05, 3.63) is 64.1 Å². The summed E-state index contributed by atoms with van der Waals surface area (Å²) in [5.41, 5.74) is 3.02. The van der Waals surface area contributed by atoms with E-state index in [1.807, 2.05) is 43.3 Å². The van der Waals surface area contributed by atoms with Gasteiger partial charge in [0.05, 0.1) is 5.75 Å². The van der Waals surface area contributed by atoms with Gasteiger partial charge in [0.15, 0.2) is 4.34 Å². The number of hydrogen-bond donors (Lipinski definition) is 2. The molecule has 5 nitrogen and oxygen atoms in total. The van der Waals surface area contributed by atoms with Crippen LogP contribution in [0.15, 0.2) is 57.3 Å². The van der Waals surface area contributed by atoms with Crippen LogP contribution in [0.1, 0.15) is 11.1 Å². The fourth-order valence-corrected chi connectivity index (χ4v) is 4.22. The quantitative estimate of drug-likeness (QED) is 0.500. The SMILES string of the molecule is Cc1cc(Br)ccc1NC(=O)CSc1nnc(NCc2ccccc2)s1. The Bertz CT molecular complexity index is 886. The van der Waals surface area contributed by atoms with Crippen molar-refractivity contribution in [2.24, 2.45) is 0 Å². The van der Waals surface area contributed by atoms with Crippen LogP contribution in [-0.4, -0.2) is 21.9 Å². The third-order valence-electron chi connectivity index (χ3n) is 3.48. The third-order valence-corrected chi connectivity index (χ3v) is 5.99. The van der Waals surface area contributed by atoms with Crippen LogP contribution < -0.4 is 10.6 Å². The minimum Gasteiger partial charge on any atom is -0.356 e. The number of hydrogen-bond acceptors (Lipinski definition) is 6. The van der Waals surface area contributed by atoms with Crippen LogP contribution in [0.2, 0.25) is 0 Å². The normalized spacial score (nSPS) is 10.5. The highest BCUT2D eigenvalue weighted by molar-refractivity contribution is 9.10. The van der Waals surface area contributed by atoms with Crippen LogP contribution >= 0.6 is 39.0 Å². The third kappa shape index (κ3) is 5.55. The zero-order valence-corrected chi connectivity index (χ0v) is 17.2. The second kappa shape index (κ2) is 9.16. The lowest BCUT2D eigenvalue weighted by Gasteiger charge is -2.07. The molecule has 1 aromatic heterocycles. The predicted molar refractivity (Wildman–Crippen MR) is 112 cm³/mol. The van der Waals surface area contributed by atoms with Crippen LogP contribution in [0, 0.1) is 6.92 Å². The zero-order valence-electron chi connectivity index (χ0n) is 14.0. The molecule has 8 heteroatoms. The van der Waals surface area contributed by atoms with Gasteiger partial charge in [0.1, 0.15) is 0 Å². The van der Waals surface area contributed by atoms with E-state index in [0.29, 0.717) is 12.3 Å². The first-order valence-corrected chi connectivity index (χ1v) is 10.5. The number of aromatic nitrogens is 2. The van der Waals surface area contributed by atoms with E-state index >= 15 is 0 Å². The Labute approximate surface area is 168 Å². The van der Waals surface area contributed by atoms with Gasteiger partial charge in [-0.1, -0.05) is 69.4 Å². The van der Waals surface area contributed by atoms with Gasteiger partial charge in [-0.15, -0.1) is 10.2 Å². The molecule has 1 amide bonds. The Balaban J connectivity index is 1.47. The smallest absolute Gasteiger partial charge is 0.234 e. The van der Waals surface area contributed by atoms with Gasteiger partial charge >= 0.3 is 0 Å². The number of carbonyl (C=O) groups excluding carboxylic acids is 1. The van der Waals surface area contributed by atoms with Crippen molar-refractivity contribution in [1.82, 2.24) is 10.2 Å². The van der Waals surface area contributed by atoms with Crippen LogP contribution in [0.3, 0.4) is 0 Å². The topological polar surface area (TPSA) is 66.9 Å². The predicted octanol–water partition coefficient (Wildman–Crippen LogP) is 4.95. The standard InChI is InChI=1S/C18H17BrN4OS2/c1-12-9-14(19)7-8-15(12)21-16(24)11-25-18-23-22-17(26-18)20-10-13-5-3-2-4-6-13/h2-9H,10-11H2,1H3,(H,20,22)(H,21,24). The molecule has 0 spiro atoms. The Kier molecular flexibility index (Phi) is 6.65. The van der Waals surface area contributed by atoms with Crippen molar-refractivity contribution >= 4 is 55.8 Å². The van der Waals surface area contributed by atoms with Crippen LogP contribution in [0.4, 0.5) is 10.8 Å². The number of nitrogens with zero attached hydrogens (tertiary/aromatic N) is 2. The molecule has 0 radical (unpaired) electrons. The molecule has 0 fully saturated rings. The fraction of sp³-hybridized carbons (Fsp3) is 0.167. The molecule has 26 heavy (non-hydrogen) atoms. The summed E-state index contributed by atoms with van der Waals surface area (Å²) in [5.74, 6) is 0.234. The minimum atomic E-state index is -0.0607. The van der Waals surface area contributed by atoms with E-state index in [1.165, 1.54) is 28.7 Å². The molecule has 2 aromatic carbocycles. The summed E-state index contributed by atoms with van der Waals surface area (Å²) in [5, 5.41) is 15.2. The second-order valence-corrected chi connectivity index (χ2v) is 8.62. The maximum Gasteiger partial charge on any atom is 0.234 e. The highest BCUT2D eigenvalue weighted by Gasteiger charge is 2.09. The van der Waals surface area contributed by atoms with Crippen molar-refractivity contribution in [3.63, 3.8) is 0 Å². The van der Waals surface area contributed by atoms with Gasteiger partial charge in [0.2, 0.25) is 11.0 Å². The first kappa shape index (κ1) is 18.9. The van der Waals surface area contributed by atoms with E-state index in [2.05, 4.69) is 48.9 Å². The molecule has 2 N–H and O–H groups in total. The first-order valence-electron chi connectivity index (χ1n) is 7.90. The zero-order chi connectivity index (χ0) is 18.4. The maximum absolute atomic E-state index is 12.1. The van der Waals surface area contributed by atoms with E-state index in [9.17, 15) is 4.79 Å². The van der Waals surface area contributed by atoms with Crippen molar-refractivity contribution < 1.29 is 4.79 Å². The summed E-state index contributed by atoms with van der Waals surface area (Å²) >= 11 is 6.25. The van der Waals surface area contributed by atoms with Crippen molar-refractivity contribution in [2.75, 3.05) is 16.4 Å². The molecule has 0 aliphatic heterocycles. The molecule has 3 aromatic rings. The van der Waals surface area contributed by atoms with Gasteiger partial charge in [0.25, 0.3) is 0 Å². The summed E-state index contributed by atoms with van der Waals surface area (Å²) in [6.45, 7) is 2.66. The lowest BCUT2D eigenvalue weighted by molar-refractivity contribution is -0.113. The van der Waals surface area contributed by atoms with Crippen LogP contribution in [-0.2, 0) is 11.3 Å². The largest absolute Gasteiger partial charge is 0.356 e. The molecular formula is C18H17BrN4OS2. The van der Waals surface area contributed by atoms with E-state index in [0.717, 1.165) is 25.2 Å². The number of rotatable bonds is 7. The lowest BCUT2D eigenvalue weighted by Crippen LogP contribution is -2.14. The molecule has 0 atom stereocenters. The number of anilines is 2. The summed E-state index contributed by atoms with van der Waals surface area (Å²) in [7, 11) is 0. The van der Waals surface area contributed by atoms with Crippen molar-refractivity contribution in [3.8, 4) is 0 Å². The molecular weight excluding hydrogens is 432 g/mol. The van der Waals surface area contributed by atoms with E-state index < -0.39 is 0 Å². The monoisotopic (exact) mass is 448 g/mol. The van der Waals surface area contributed by atoms with E-state index in [1.54, 1.807) is 0 Å². The number of benzene rings is 2. The number of carbonyl (C=O) groups is 1. The van der Waals surface area contributed by atoms with Crippen LogP contribution in [0.25, 0.3) is 0 Å². The highest BCUT2D eigenvalue weighted by atomic mass is 79.9. The number of amides is 1. The van der Waals surface area contributed by atoms with Crippen molar-refractivity contribution in [2.45, 2.75) is 17.8 Å². The maximum atomic E-state index is 12.1. The average Bonchev–Trinajstić information content (AvgIpc) is 3.09.